The Morgan fingerprint density at radius 1 is 1.16 bits per heavy atom. The lowest BCUT2D eigenvalue weighted by Gasteiger charge is -2.22. The number of rotatable bonds is 4. The number of sulfonamides is 1. The van der Waals surface area contributed by atoms with Crippen LogP contribution in [0.3, 0.4) is 0 Å². The van der Waals surface area contributed by atoms with Crippen LogP contribution in [-0.2, 0) is 15.8 Å². The van der Waals surface area contributed by atoms with E-state index in [2.05, 4.69) is 4.72 Å². The van der Waals surface area contributed by atoms with E-state index in [1.807, 2.05) is 0 Å². The molecule has 1 N–H and O–H groups in total. The maximum atomic E-state index is 12.8. The highest BCUT2D eigenvalue weighted by Crippen LogP contribution is 2.44. The van der Waals surface area contributed by atoms with E-state index in [9.17, 15) is 12.8 Å². The van der Waals surface area contributed by atoms with E-state index in [0.717, 1.165) is 12.8 Å². The van der Waals surface area contributed by atoms with Crippen LogP contribution >= 0.6 is 0 Å². The van der Waals surface area contributed by atoms with Gasteiger partial charge in [0.2, 0.25) is 10.0 Å². The monoisotopic (exact) mass is 283 g/mol. The zero-order valence-electron chi connectivity index (χ0n) is 10.7. The summed E-state index contributed by atoms with van der Waals surface area (Å²) in [6, 6.07) is 5.75. The summed E-state index contributed by atoms with van der Waals surface area (Å²) in [7, 11) is -3.33. The first-order valence-electron chi connectivity index (χ1n) is 6.76. The third-order valence-corrected chi connectivity index (χ3v) is 5.71. The third kappa shape index (κ3) is 2.98. The first-order chi connectivity index (χ1) is 9.02. The normalized spacial score (nSPS) is 29.8. The Morgan fingerprint density at radius 2 is 1.89 bits per heavy atom. The zero-order chi connectivity index (χ0) is 13.5. The van der Waals surface area contributed by atoms with Crippen LogP contribution in [0.4, 0.5) is 4.39 Å². The van der Waals surface area contributed by atoms with Gasteiger partial charge in [-0.05, 0) is 48.8 Å². The fourth-order valence-electron chi connectivity index (χ4n) is 3.46. The van der Waals surface area contributed by atoms with Crippen LogP contribution in [-0.4, -0.2) is 14.5 Å². The second-order valence-corrected chi connectivity index (χ2v) is 7.54. The molecule has 0 aliphatic heterocycles. The van der Waals surface area contributed by atoms with Crippen LogP contribution in [0.5, 0.6) is 0 Å². The Hall–Kier alpha value is -0.940. The Bertz CT molecular complexity index is 555. The van der Waals surface area contributed by atoms with Gasteiger partial charge in [-0.3, -0.25) is 0 Å². The minimum absolute atomic E-state index is 0.0683. The molecule has 2 fully saturated rings. The van der Waals surface area contributed by atoms with Gasteiger partial charge >= 0.3 is 0 Å². The highest BCUT2D eigenvalue weighted by Gasteiger charge is 2.40. The topological polar surface area (TPSA) is 46.2 Å². The molecule has 19 heavy (non-hydrogen) atoms. The van der Waals surface area contributed by atoms with Crippen molar-refractivity contribution in [3.8, 4) is 0 Å². The Labute approximate surface area is 113 Å². The molecule has 3 nitrogen and oxygen atoms in total. The first-order valence-corrected chi connectivity index (χ1v) is 8.41. The summed E-state index contributed by atoms with van der Waals surface area (Å²) < 4.78 is 39.8. The average molecular weight is 283 g/mol. The predicted molar refractivity (Wildman–Crippen MR) is 71.4 cm³/mol. The van der Waals surface area contributed by atoms with Crippen LogP contribution in [0.1, 0.15) is 31.2 Å². The standard InChI is InChI=1S/C14H18FNO2S/c15-13-5-2-10(3-6-13)9-19(17,18)16-14-8-11-1-4-12(14)7-11/h2-3,5-6,11-12,14,16H,1,4,7-9H2/t11-,12-,14-/m0/s1. The van der Waals surface area contributed by atoms with Crippen LogP contribution in [0.15, 0.2) is 24.3 Å². The molecule has 0 aromatic heterocycles. The van der Waals surface area contributed by atoms with Gasteiger partial charge in [0.05, 0.1) is 5.75 Å². The maximum absolute atomic E-state index is 12.8. The van der Waals surface area contributed by atoms with Gasteiger partial charge in [0.15, 0.2) is 0 Å². The number of nitrogens with one attached hydrogen (secondary N) is 1. The van der Waals surface area contributed by atoms with Crippen LogP contribution in [0, 0.1) is 17.7 Å². The molecule has 0 unspecified atom stereocenters. The molecule has 2 bridgehead atoms. The average Bonchev–Trinajstić information content (AvgIpc) is 2.93. The summed E-state index contributed by atoms with van der Waals surface area (Å²) in [5.74, 6) is 0.819. The van der Waals surface area contributed by atoms with E-state index in [1.54, 1.807) is 0 Å². The van der Waals surface area contributed by atoms with Gasteiger partial charge in [-0.1, -0.05) is 18.6 Å². The van der Waals surface area contributed by atoms with Crippen molar-refractivity contribution < 1.29 is 12.8 Å². The van der Waals surface area contributed by atoms with Gasteiger partial charge in [0.25, 0.3) is 0 Å². The lowest BCUT2D eigenvalue weighted by atomic mass is 9.96. The van der Waals surface area contributed by atoms with E-state index >= 15 is 0 Å². The minimum atomic E-state index is -3.33. The molecule has 0 radical (unpaired) electrons. The summed E-state index contributed by atoms with van der Waals surface area (Å²) >= 11 is 0. The molecule has 2 aliphatic carbocycles. The van der Waals surface area contributed by atoms with E-state index in [-0.39, 0.29) is 17.6 Å². The second kappa shape index (κ2) is 4.87. The van der Waals surface area contributed by atoms with Crippen molar-refractivity contribution in [3.63, 3.8) is 0 Å². The fourth-order valence-corrected chi connectivity index (χ4v) is 4.93. The maximum Gasteiger partial charge on any atom is 0.216 e. The lowest BCUT2D eigenvalue weighted by molar-refractivity contribution is 0.390. The molecular weight excluding hydrogens is 265 g/mol. The summed E-state index contributed by atoms with van der Waals surface area (Å²) in [6.45, 7) is 0. The van der Waals surface area contributed by atoms with Crippen LogP contribution in [0.2, 0.25) is 0 Å². The van der Waals surface area contributed by atoms with Crippen molar-refractivity contribution >= 4 is 10.0 Å². The van der Waals surface area contributed by atoms with Gasteiger partial charge < -0.3 is 0 Å². The van der Waals surface area contributed by atoms with E-state index in [4.69, 9.17) is 0 Å². The minimum Gasteiger partial charge on any atom is -0.212 e. The largest absolute Gasteiger partial charge is 0.216 e. The van der Waals surface area contributed by atoms with Crippen molar-refractivity contribution in [2.24, 2.45) is 11.8 Å². The molecule has 0 spiro atoms. The summed E-state index contributed by atoms with van der Waals surface area (Å²) in [4.78, 5) is 0. The molecule has 1 aromatic carbocycles. The molecule has 5 heteroatoms. The lowest BCUT2D eigenvalue weighted by Crippen LogP contribution is -2.39. The molecule has 2 aliphatic rings. The van der Waals surface area contributed by atoms with Crippen molar-refractivity contribution in [2.45, 2.75) is 37.5 Å². The van der Waals surface area contributed by atoms with Gasteiger partial charge in [-0.15, -0.1) is 0 Å². The quantitative estimate of drug-likeness (QED) is 0.922. The number of hydrogen-bond donors (Lipinski definition) is 1. The summed E-state index contributed by atoms with van der Waals surface area (Å²) in [5.41, 5.74) is 0.622. The van der Waals surface area contributed by atoms with Crippen molar-refractivity contribution in [1.82, 2.24) is 4.72 Å². The van der Waals surface area contributed by atoms with Crippen molar-refractivity contribution in [3.05, 3.63) is 35.6 Å². The van der Waals surface area contributed by atoms with E-state index < -0.39 is 10.0 Å². The summed E-state index contributed by atoms with van der Waals surface area (Å²) in [6.07, 6.45) is 4.55. The van der Waals surface area contributed by atoms with Crippen LogP contribution < -0.4 is 4.72 Å². The second-order valence-electron chi connectivity index (χ2n) is 5.78. The van der Waals surface area contributed by atoms with Gasteiger partial charge in [0.1, 0.15) is 5.82 Å². The van der Waals surface area contributed by atoms with E-state index in [1.165, 1.54) is 37.1 Å². The SMILES string of the molecule is O=S(=O)(Cc1ccc(F)cc1)N[C@H]1C[C@H]2CC[C@H]1C2. The smallest absolute Gasteiger partial charge is 0.212 e. The first kappa shape index (κ1) is 13.1. The van der Waals surface area contributed by atoms with E-state index in [0.29, 0.717) is 17.4 Å². The Balaban J connectivity index is 1.64. The van der Waals surface area contributed by atoms with Crippen LogP contribution in [0.25, 0.3) is 0 Å². The number of hydrogen-bond acceptors (Lipinski definition) is 2. The number of benzene rings is 1. The predicted octanol–water partition coefficient (Wildman–Crippen LogP) is 2.43. The number of fused-ring (bicyclic) bond motifs is 2. The molecular formula is C14H18FNO2S. The van der Waals surface area contributed by atoms with Gasteiger partial charge in [-0.2, -0.15) is 0 Å². The molecule has 0 amide bonds. The number of halogens is 1. The molecule has 2 saturated carbocycles. The van der Waals surface area contributed by atoms with Gasteiger partial charge in [-0.25, -0.2) is 17.5 Å². The molecule has 0 saturated heterocycles. The fraction of sp³-hybridized carbons (Fsp3) is 0.571. The highest BCUT2D eigenvalue weighted by molar-refractivity contribution is 7.88. The Morgan fingerprint density at radius 3 is 2.47 bits per heavy atom. The molecule has 0 heterocycles. The Kier molecular flexibility index (Phi) is 3.35. The zero-order valence-corrected chi connectivity index (χ0v) is 11.5. The van der Waals surface area contributed by atoms with Crippen molar-refractivity contribution in [2.75, 3.05) is 0 Å². The summed E-state index contributed by atoms with van der Waals surface area (Å²) in [5, 5.41) is 0. The molecule has 3 atom stereocenters. The van der Waals surface area contributed by atoms with Crippen molar-refractivity contribution in [1.29, 1.82) is 0 Å². The highest BCUT2D eigenvalue weighted by atomic mass is 32.2. The molecule has 3 rings (SSSR count). The molecule has 104 valence electrons. The third-order valence-electron chi connectivity index (χ3n) is 4.34. The van der Waals surface area contributed by atoms with Gasteiger partial charge in [0, 0.05) is 6.04 Å². The molecule has 1 aromatic rings.